The number of alkyl halides is 3. The number of nitrogens with two attached hydrogens (primary N) is 1. The van der Waals surface area contributed by atoms with E-state index in [4.69, 9.17) is 5.73 Å². The van der Waals surface area contributed by atoms with Crippen molar-refractivity contribution in [3.8, 4) is 10.6 Å². The molecule has 194 valence electrons. The van der Waals surface area contributed by atoms with Gasteiger partial charge in [-0.15, -0.1) is 0 Å². The van der Waals surface area contributed by atoms with Gasteiger partial charge >= 0.3 is 6.18 Å². The summed E-state index contributed by atoms with van der Waals surface area (Å²) >= 11 is 1.42. The average Bonchev–Trinajstić information content (AvgIpc) is 3.51. The third-order valence-electron chi connectivity index (χ3n) is 5.60. The van der Waals surface area contributed by atoms with Crippen molar-refractivity contribution in [1.29, 1.82) is 0 Å². The van der Waals surface area contributed by atoms with E-state index in [0.29, 0.717) is 33.3 Å². The molecule has 0 aliphatic heterocycles. The van der Waals surface area contributed by atoms with Crippen LogP contribution in [0.15, 0.2) is 79.3 Å². The van der Waals surface area contributed by atoms with E-state index in [1.54, 1.807) is 79.3 Å². The van der Waals surface area contributed by atoms with Crippen LogP contribution in [0.5, 0.6) is 0 Å². The Labute approximate surface area is 219 Å². The predicted molar refractivity (Wildman–Crippen MR) is 143 cm³/mol. The number of carbonyl (C=O) groups is 1. The zero-order chi connectivity index (χ0) is 26.7. The molecule has 0 saturated heterocycles. The lowest BCUT2D eigenvalue weighted by molar-refractivity contribution is -0.125. The first-order valence-electron chi connectivity index (χ1n) is 11.5. The second-order valence-electron chi connectivity index (χ2n) is 8.40. The highest BCUT2D eigenvalue weighted by Crippen LogP contribution is 2.31. The van der Waals surface area contributed by atoms with Crippen LogP contribution >= 0.6 is 11.3 Å². The van der Waals surface area contributed by atoms with Gasteiger partial charge in [0.2, 0.25) is 0 Å². The van der Waals surface area contributed by atoms with Gasteiger partial charge in [0.15, 0.2) is 5.13 Å². The number of fused-ring (bicyclic) bond motifs is 1. The number of nitrogen functional groups attached to an aromatic ring is 1. The van der Waals surface area contributed by atoms with Crippen molar-refractivity contribution in [2.24, 2.45) is 0 Å². The molecule has 1 amide bonds. The molecule has 5 N–H and O–H groups in total. The number of hydrogen-bond donors (Lipinski definition) is 4. The van der Waals surface area contributed by atoms with Gasteiger partial charge in [0, 0.05) is 30.2 Å². The number of benzene rings is 2. The van der Waals surface area contributed by atoms with Crippen molar-refractivity contribution >= 4 is 45.1 Å². The van der Waals surface area contributed by atoms with Crippen LogP contribution in [-0.2, 0) is 6.54 Å². The number of anilines is 4. The number of carbonyl (C=O) groups excluding carboxylic acids is 1. The van der Waals surface area contributed by atoms with E-state index in [2.05, 4.69) is 25.9 Å². The van der Waals surface area contributed by atoms with Crippen LogP contribution in [0.25, 0.3) is 16.2 Å². The van der Waals surface area contributed by atoms with Crippen molar-refractivity contribution < 1.29 is 18.0 Å². The molecule has 3 heterocycles. The number of aromatic nitrogens is 3. The average molecular weight is 538 g/mol. The zero-order valence-electron chi connectivity index (χ0n) is 19.8. The van der Waals surface area contributed by atoms with Crippen molar-refractivity contribution in [1.82, 2.24) is 19.7 Å². The number of thiazole rings is 1. The van der Waals surface area contributed by atoms with Crippen molar-refractivity contribution in [2.45, 2.75) is 12.7 Å². The lowest BCUT2D eigenvalue weighted by Crippen LogP contribution is -2.28. The number of para-hydroxylation sites is 2. The lowest BCUT2D eigenvalue weighted by Gasteiger charge is -2.09. The maximum atomic E-state index is 12.5. The van der Waals surface area contributed by atoms with Crippen LogP contribution in [0.3, 0.4) is 0 Å². The molecule has 0 saturated carbocycles. The molecule has 3 aromatic heterocycles. The van der Waals surface area contributed by atoms with E-state index in [-0.39, 0.29) is 12.5 Å². The summed E-state index contributed by atoms with van der Waals surface area (Å²) in [6, 6.07) is 17.5. The molecule has 8 nitrogen and oxygen atoms in total. The first-order valence-corrected chi connectivity index (χ1v) is 12.3. The highest BCUT2D eigenvalue weighted by Gasteiger charge is 2.26. The van der Waals surface area contributed by atoms with Crippen molar-refractivity contribution in [3.63, 3.8) is 0 Å². The fourth-order valence-electron chi connectivity index (χ4n) is 3.75. The molecular weight excluding hydrogens is 515 g/mol. The molecule has 0 spiro atoms. The first kappa shape index (κ1) is 25.2. The number of nitrogens with one attached hydrogen (secondary N) is 3. The Kier molecular flexibility index (Phi) is 6.99. The summed E-state index contributed by atoms with van der Waals surface area (Å²) < 4.78 is 39.0. The van der Waals surface area contributed by atoms with E-state index in [1.165, 1.54) is 11.3 Å². The SMILES string of the molecule is Nc1ccccc1NC(=O)c1ccc(Nc2ncc(-c3cnc4cc(CNCC(F)(F)F)ccn34)s2)cc1. The topological polar surface area (TPSA) is 109 Å². The van der Waals surface area contributed by atoms with Crippen molar-refractivity contribution in [2.75, 3.05) is 22.9 Å². The minimum atomic E-state index is -4.25. The summed E-state index contributed by atoms with van der Waals surface area (Å²) in [5.74, 6) is -0.266. The van der Waals surface area contributed by atoms with E-state index in [1.807, 2.05) is 4.40 Å². The minimum absolute atomic E-state index is 0.0909. The smallest absolute Gasteiger partial charge is 0.397 e. The standard InChI is InChI=1S/C26H22F3N7OS/c27-26(28,29)15-31-12-16-9-10-36-21(13-32-23(36)11-16)22-14-33-25(38-22)34-18-7-5-17(6-8-18)24(37)35-20-4-2-1-3-19(20)30/h1-11,13-14,31H,12,15,30H2,(H,33,34)(H,35,37). The number of rotatable bonds is 8. The largest absolute Gasteiger partial charge is 0.401 e. The predicted octanol–water partition coefficient (Wildman–Crippen LogP) is 5.69. The molecule has 2 aromatic carbocycles. The quantitative estimate of drug-likeness (QED) is 0.190. The van der Waals surface area contributed by atoms with Gasteiger partial charge in [-0.25, -0.2) is 9.97 Å². The van der Waals surface area contributed by atoms with Crippen LogP contribution in [0, 0.1) is 0 Å². The molecule has 0 aliphatic rings. The first-order chi connectivity index (χ1) is 18.2. The Morgan fingerprint density at radius 2 is 1.82 bits per heavy atom. The van der Waals surface area contributed by atoms with Crippen LogP contribution in [-0.4, -0.2) is 33.0 Å². The Morgan fingerprint density at radius 3 is 2.58 bits per heavy atom. The Morgan fingerprint density at radius 1 is 1.03 bits per heavy atom. The lowest BCUT2D eigenvalue weighted by atomic mass is 10.2. The van der Waals surface area contributed by atoms with E-state index in [9.17, 15) is 18.0 Å². The maximum absolute atomic E-state index is 12.5. The van der Waals surface area contributed by atoms with Crippen LogP contribution < -0.4 is 21.7 Å². The summed E-state index contributed by atoms with van der Waals surface area (Å²) in [5.41, 5.74) is 10.3. The number of halogens is 3. The van der Waals surface area contributed by atoms with E-state index in [0.717, 1.165) is 16.3 Å². The van der Waals surface area contributed by atoms with Gasteiger partial charge in [-0.3, -0.25) is 9.20 Å². The Bertz CT molecular complexity index is 1580. The molecule has 5 aromatic rings. The fraction of sp³-hybridized carbons (Fsp3) is 0.115. The van der Waals surface area contributed by atoms with Gasteiger partial charge in [0.25, 0.3) is 5.91 Å². The number of hydrogen-bond acceptors (Lipinski definition) is 7. The van der Waals surface area contributed by atoms with Crippen LogP contribution in [0.4, 0.5) is 35.4 Å². The molecule has 0 fully saturated rings. The highest BCUT2D eigenvalue weighted by molar-refractivity contribution is 7.18. The monoisotopic (exact) mass is 537 g/mol. The number of amides is 1. The van der Waals surface area contributed by atoms with Gasteiger partial charge < -0.3 is 21.7 Å². The summed E-state index contributed by atoms with van der Waals surface area (Å²) in [6.07, 6.45) is 0.951. The fourth-order valence-corrected chi connectivity index (χ4v) is 4.59. The third-order valence-corrected chi connectivity index (χ3v) is 6.53. The molecule has 12 heteroatoms. The summed E-state index contributed by atoms with van der Waals surface area (Å²) in [5, 5.41) is 9.07. The summed E-state index contributed by atoms with van der Waals surface area (Å²) in [4.78, 5) is 22.2. The summed E-state index contributed by atoms with van der Waals surface area (Å²) in [7, 11) is 0. The second-order valence-corrected chi connectivity index (χ2v) is 9.43. The molecular formula is C26H22F3N7OS. The van der Waals surface area contributed by atoms with Gasteiger partial charge in [0.05, 0.1) is 34.7 Å². The molecule has 0 atom stereocenters. The normalized spacial score (nSPS) is 11.6. The Balaban J connectivity index is 1.23. The van der Waals surface area contributed by atoms with Crippen LogP contribution in [0.1, 0.15) is 15.9 Å². The minimum Gasteiger partial charge on any atom is -0.397 e. The maximum Gasteiger partial charge on any atom is 0.401 e. The summed E-state index contributed by atoms with van der Waals surface area (Å²) in [6.45, 7) is -0.958. The molecule has 5 rings (SSSR count). The van der Waals surface area contributed by atoms with Gasteiger partial charge in [-0.05, 0) is 54.1 Å². The second kappa shape index (κ2) is 10.5. The van der Waals surface area contributed by atoms with Gasteiger partial charge in [-0.1, -0.05) is 23.5 Å². The molecule has 0 aliphatic carbocycles. The molecule has 0 unspecified atom stereocenters. The van der Waals surface area contributed by atoms with Gasteiger partial charge in [0.1, 0.15) is 5.65 Å². The zero-order valence-corrected chi connectivity index (χ0v) is 20.6. The molecule has 0 bridgehead atoms. The van der Waals surface area contributed by atoms with Crippen molar-refractivity contribution in [3.05, 3.63) is 90.4 Å². The molecule has 0 radical (unpaired) electrons. The Hall–Kier alpha value is -4.42. The van der Waals surface area contributed by atoms with Crippen LogP contribution in [0.2, 0.25) is 0 Å². The van der Waals surface area contributed by atoms with E-state index >= 15 is 0 Å². The highest BCUT2D eigenvalue weighted by atomic mass is 32.1. The van der Waals surface area contributed by atoms with Gasteiger partial charge in [-0.2, -0.15) is 13.2 Å². The molecule has 38 heavy (non-hydrogen) atoms. The number of pyridine rings is 1. The number of imidazole rings is 1. The number of nitrogens with zero attached hydrogens (tertiary/aromatic N) is 3. The van der Waals surface area contributed by atoms with E-state index < -0.39 is 12.7 Å². The third kappa shape index (κ3) is 5.93.